The first-order valence-corrected chi connectivity index (χ1v) is 7.07. The molecule has 0 bridgehead atoms. The highest BCUT2D eigenvalue weighted by Crippen LogP contribution is 2.18. The van der Waals surface area contributed by atoms with Crippen molar-refractivity contribution in [3.8, 4) is 5.75 Å². The van der Waals surface area contributed by atoms with Gasteiger partial charge in [0.15, 0.2) is 0 Å². The first-order chi connectivity index (χ1) is 9.59. The predicted molar refractivity (Wildman–Crippen MR) is 84.4 cm³/mol. The lowest BCUT2D eigenvalue weighted by Crippen LogP contribution is -2.13. The van der Waals surface area contributed by atoms with Crippen molar-refractivity contribution in [1.29, 1.82) is 0 Å². The fraction of sp³-hybridized carbons (Fsp3) is 0.286. The SMILES string of the molecule is Cc1c(Cl)cnn1CCCOc1ccccc1C(N)=S. The van der Waals surface area contributed by atoms with Crippen molar-refractivity contribution < 1.29 is 4.74 Å². The summed E-state index contributed by atoms with van der Waals surface area (Å²) in [5, 5.41) is 4.88. The van der Waals surface area contributed by atoms with Gasteiger partial charge < -0.3 is 10.5 Å². The minimum atomic E-state index is 0.343. The van der Waals surface area contributed by atoms with Gasteiger partial charge in [-0.1, -0.05) is 36.0 Å². The lowest BCUT2D eigenvalue weighted by Gasteiger charge is -2.10. The monoisotopic (exact) mass is 309 g/mol. The Morgan fingerprint density at radius 2 is 2.20 bits per heavy atom. The van der Waals surface area contributed by atoms with E-state index in [2.05, 4.69) is 5.10 Å². The van der Waals surface area contributed by atoms with E-state index in [1.165, 1.54) is 0 Å². The van der Waals surface area contributed by atoms with Crippen molar-refractivity contribution in [2.24, 2.45) is 5.73 Å². The van der Waals surface area contributed by atoms with E-state index in [0.717, 1.165) is 30.0 Å². The van der Waals surface area contributed by atoms with Crippen LogP contribution >= 0.6 is 23.8 Å². The number of thiocarbonyl (C=S) groups is 1. The molecule has 1 aromatic heterocycles. The van der Waals surface area contributed by atoms with Crippen molar-refractivity contribution in [2.75, 3.05) is 6.61 Å². The van der Waals surface area contributed by atoms with Crippen LogP contribution in [-0.4, -0.2) is 21.4 Å². The van der Waals surface area contributed by atoms with Crippen LogP contribution in [0.25, 0.3) is 0 Å². The molecule has 1 heterocycles. The van der Waals surface area contributed by atoms with Crippen molar-refractivity contribution in [1.82, 2.24) is 9.78 Å². The van der Waals surface area contributed by atoms with E-state index in [1.54, 1.807) is 6.20 Å². The average Bonchev–Trinajstić information content (AvgIpc) is 2.75. The molecule has 0 aliphatic rings. The Balaban J connectivity index is 1.88. The maximum atomic E-state index is 5.95. The summed E-state index contributed by atoms with van der Waals surface area (Å²) in [7, 11) is 0. The van der Waals surface area contributed by atoms with Gasteiger partial charge >= 0.3 is 0 Å². The zero-order chi connectivity index (χ0) is 14.5. The fourth-order valence-electron chi connectivity index (χ4n) is 1.84. The molecule has 0 saturated carbocycles. The molecule has 0 aliphatic heterocycles. The van der Waals surface area contributed by atoms with E-state index < -0.39 is 0 Å². The van der Waals surface area contributed by atoms with Crippen LogP contribution in [0.4, 0.5) is 0 Å². The van der Waals surface area contributed by atoms with E-state index in [9.17, 15) is 0 Å². The second-order valence-electron chi connectivity index (χ2n) is 4.36. The first kappa shape index (κ1) is 14.8. The summed E-state index contributed by atoms with van der Waals surface area (Å²) in [5.74, 6) is 0.718. The molecule has 2 rings (SSSR count). The van der Waals surface area contributed by atoms with E-state index in [-0.39, 0.29) is 0 Å². The van der Waals surface area contributed by atoms with Crippen LogP contribution in [0, 0.1) is 6.92 Å². The summed E-state index contributed by atoms with van der Waals surface area (Å²) in [6, 6.07) is 7.50. The normalized spacial score (nSPS) is 10.5. The molecule has 0 amide bonds. The van der Waals surface area contributed by atoms with Crippen molar-refractivity contribution >= 4 is 28.8 Å². The highest BCUT2D eigenvalue weighted by molar-refractivity contribution is 7.80. The number of nitrogens with two attached hydrogens (primary N) is 1. The molecule has 0 fully saturated rings. The third kappa shape index (κ3) is 3.49. The van der Waals surface area contributed by atoms with Crippen LogP contribution < -0.4 is 10.5 Å². The molecule has 0 aliphatic carbocycles. The number of benzene rings is 1. The molecular weight excluding hydrogens is 294 g/mol. The lowest BCUT2D eigenvalue weighted by atomic mass is 10.2. The minimum absolute atomic E-state index is 0.343. The number of halogens is 1. The summed E-state index contributed by atoms with van der Waals surface area (Å²) in [4.78, 5) is 0.343. The Bertz CT molecular complexity index is 612. The average molecular weight is 310 g/mol. The molecule has 106 valence electrons. The van der Waals surface area contributed by atoms with Crippen LogP contribution in [0.3, 0.4) is 0 Å². The quantitative estimate of drug-likeness (QED) is 0.658. The number of aryl methyl sites for hydroxylation is 1. The number of aromatic nitrogens is 2. The summed E-state index contributed by atoms with van der Waals surface area (Å²) in [6.45, 7) is 3.27. The lowest BCUT2D eigenvalue weighted by molar-refractivity contribution is 0.297. The first-order valence-electron chi connectivity index (χ1n) is 6.29. The molecule has 0 saturated heterocycles. The Morgan fingerprint density at radius 3 is 2.85 bits per heavy atom. The van der Waals surface area contributed by atoms with Crippen molar-refractivity contribution in [3.63, 3.8) is 0 Å². The molecule has 20 heavy (non-hydrogen) atoms. The standard InChI is InChI=1S/C14H16ClN3OS/c1-10-12(15)9-17-18(10)7-4-8-19-13-6-3-2-5-11(13)14(16)20/h2-3,5-6,9H,4,7-8H2,1H3,(H2,16,20). The van der Waals surface area contributed by atoms with Crippen molar-refractivity contribution in [3.05, 3.63) is 46.7 Å². The maximum Gasteiger partial charge on any atom is 0.129 e. The molecule has 0 unspecified atom stereocenters. The molecule has 2 N–H and O–H groups in total. The zero-order valence-electron chi connectivity index (χ0n) is 11.2. The second-order valence-corrected chi connectivity index (χ2v) is 5.21. The van der Waals surface area contributed by atoms with Gasteiger partial charge in [0.2, 0.25) is 0 Å². The molecule has 0 radical (unpaired) electrons. The molecule has 4 nitrogen and oxygen atoms in total. The third-order valence-electron chi connectivity index (χ3n) is 2.97. The Hall–Kier alpha value is -1.59. The number of hydrogen-bond acceptors (Lipinski definition) is 3. The molecule has 6 heteroatoms. The smallest absolute Gasteiger partial charge is 0.129 e. The Labute approximate surface area is 128 Å². The van der Waals surface area contributed by atoms with Gasteiger partial charge in [-0.2, -0.15) is 5.10 Å². The Morgan fingerprint density at radius 1 is 1.45 bits per heavy atom. The van der Waals surface area contributed by atoms with Gasteiger partial charge in [0, 0.05) is 13.0 Å². The topological polar surface area (TPSA) is 53.1 Å². The maximum absolute atomic E-state index is 5.95. The van der Waals surface area contributed by atoms with Gasteiger partial charge in [-0.25, -0.2) is 0 Å². The van der Waals surface area contributed by atoms with Crippen LogP contribution in [0.2, 0.25) is 5.02 Å². The third-order valence-corrected chi connectivity index (χ3v) is 3.56. The van der Waals surface area contributed by atoms with Gasteiger partial charge in [0.05, 0.1) is 29.1 Å². The Kier molecular flexibility index (Phi) is 4.98. The van der Waals surface area contributed by atoms with E-state index in [4.69, 9.17) is 34.3 Å². The van der Waals surface area contributed by atoms with E-state index >= 15 is 0 Å². The number of para-hydroxylation sites is 1. The molecule has 0 spiro atoms. The highest BCUT2D eigenvalue weighted by Gasteiger charge is 2.06. The summed E-state index contributed by atoms with van der Waals surface area (Å²) >= 11 is 10.9. The molecule has 1 aromatic carbocycles. The summed E-state index contributed by atoms with van der Waals surface area (Å²) < 4.78 is 7.59. The van der Waals surface area contributed by atoms with Crippen LogP contribution in [0.15, 0.2) is 30.5 Å². The van der Waals surface area contributed by atoms with E-state index in [1.807, 2.05) is 35.9 Å². The van der Waals surface area contributed by atoms with Gasteiger partial charge in [-0.15, -0.1) is 0 Å². The van der Waals surface area contributed by atoms with Gasteiger partial charge in [-0.05, 0) is 19.1 Å². The van der Waals surface area contributed by atoms with Crippen LogP contribution in [0.1, 0.15) is 17.7 Å². The number of rotatable bonds is 6. The summed E-state index contributed by atoms with van der Waals surface area (Å²) in [5.41, 5.74) is 7.39. The zero-order valence-corrected chi connectivity index (χ0v) is 12.7. The number of hydrogen-bond donors (Lipinski definition) is 1. The largest absolute Gasteiger partial charge is 0.493 e. The van der Waals surface area contributed by atoms with Crippen LogP contribution in [0.5, 0.6) is 5.75 Å². The number of nitrogens with zero attached hydrogens (tertiary/aromatic N) is 2. The fourth-order valence-corrected chi connectivity index (χ4v) is 2.15. The van der Waals surface area contributed by atoms with Crippen molar-refractivity contribution in [2.45, 2.75) is 19.9 Å². The molecule has 2 aromatic rings. The second kappa shape index (κ2) is 6.72. The van der Waals surface area contributed by atoms with Gasteiger partial charge in [0.1, 0.15) is 10.7 Å². The minimum Gasteiger partial charge on any atom is -0.493 e. The number of ether oxygens (including phenoxy) is 1. The molecule has 0 atom stereocenters. The summed E-state index contributed by atoms with van der Waals surface area (Å²) in [6.07, 6.45) is 2.48. The van der Waals surface area contributed by atoms with Crippen LogP contribution in [-0.2, 0) is 6.54 Å². The van der Waals surface area contributed by atoms with Gasteiger partial charge in [0.25, 0.3) is 0 Å². The van der Waals surface area contributed by atoms with E-state index in [0.29, 0.717) is 16.6 Å². The predicted octanol–water partition coefficient (Wildman–Crippen LogP) is 2.95. The highest BCUT2D eigenvalue weighted by atomic mass is 35.5. The van der Waals surface area contributed by atoms with Gasteiger partial charge in [-0.3, -0.25) is 4.68 Å². The molecular formula is C14H16ClN3OS.